The quantitative estimate of drug-likeness (QED) is 0.872. The first-order chi connectivity index (χ1) is 7.69. The van der Waals surface area contributed by atoms with E-state index in [2.05, 4.69) is 24.4 Å². The molecule has 0 spiro atoms. The molecular formula is C13H18ClNO. The van der Waals surface area contributed by atoms with Crippen molar-refractivity contribution in [2.75, 3.05) is 7.11 Å². The van der Waals surface area contributed by atoms with Crippen LogP contribution < -0.4 is 5.32 Å². The summed E-state index contributed by atoms with van der Waals surface area (Å²) in [5.41, 5.74) is 1.28. The molecule has 0 aromatic heterocycles. The van der Waals surface area contributed by atoms with Gasteiger partial charge in [-0.3, -0.25) is 0 Å². The molecule has 0 saturated heterocycles. The first-order valence-corrected chi connectivity index (χ1v) is 6.11. The Bertz CT molecular complexity index is 332. The number of hydrogen-bond acceptors (Lipinski definition) is 2. The van der Waals surface area contributed by atoms with Crippen molar-refractivity contribution in [2.24, 2.45) is 0 Å². The van der Waals surface area contributed by atoms with Gasteiger partial charge in [0.15, 0.2) is 0 Å². The van der Waals surface area contributed by atoms with Gasteiger partial charge in [0.2, 0.25) is 0 Å². The van der Waals surface area contributed by atoms with E-state index in [0.29, 0.717) is 18.2 Å². The normalized spacial score (nSPS) is 26.2. The minimum absolute atomic E-state index is 0.375. The largest absolute Gasteiger partial charge is 0.381 e. The molecule has 16 heavy (non-hydrogen) atoms. The fourth-order valence-corrected chi connectivity index (χ4v) is 2.22. The summed E-state index contributed by atoms with van der Waals surface area (Å²) in [6.45, 7) is 2.18. The van der Waals surface area contributed by atoms with Gasteiger partial charge in [-0.15, -0.1) is 0 Å². The zero-order chi connectivity index (χ0) is 11.5. The molecule has 1 aromatic rings. The van der Waals surface area contributed by atoms with Crippen LogP contribution in [0.4, 0.5) is 0 Å². The van der Waals surface area contributed by atoms with Gasteiger partial charge in [-0.1, -0.05) is 23.7 Å². The molecule has 0 amide bonds. The molecule has 1 aliphatic carbocycles. The van der Waals surface area contributed by atoms with Gasteiger partial charge < -0.3 is 10.1 Å². The van der Waals surface area contributed by atoms with Crippen LogP contribution in [0.2, 0.25) is 5.02 Å². The lowest BCUT2D eigenvalue weighted by Crippen LogP contribution is -2.45. The molecule has 0 aliphatic heterocycles. The third-order valence-corrected chi connectivity index (χ3v) is 3.54. The van der Waals surface area contributed by atoms with Gasteiger partial charge in [0.05, 0.1) is 6.10 Å². The SMILES string of the molecule is COC1CC(N[C@@H](C)c2ccc(Cl)cc2)C1. The lowest BCUT2D eigenvalue weighted by Gasteiger charge is -2.36. The van der Waals surface area contributed by atoms with Gasteiger partial charge >= 0.3 is 0 Å². The zero-order valence-electron chi connectivity index (χ0n) is 9.74. The van der Waals surface area contributed by atoms with E-state index in [0.717, 1.165) is 17.9 Å². The Morgan fingerprint density at radius 1 is 1.31 bits per heavy atom. The van der Waals surface area contributed by atoms with E-state index in [1.165, 1.54) is 5.56 Å². The van der Waals surface area contributed by atoms with E-state index >= 15 is 0 Å². The Hall–Kier alpha value is -0.570. The number of ether oxygens (including phenoxy) is 1. The van der Waals surface area contributed by atoms with Gasteiger partial charge in [0.25, 0.3) is 0 Å². The molecule has 1 saturated carbocycles. The first-order valence-electron chi connectivity index (χ1n) is 5.73. The van der Waals surface area contributed by atoms with Crippen molar-refractivity contribution < 1.29 is 4.74 Å². The predicted octanol–water partition coefficient (Wildman–Crippen LogP) is 3.17. The summed E-state index contributed by atoms with van der Waals surface area (Å²) in [5, 5.41) is 4.38. The summed E-state index contributed by atoms with van der Waals surface area (Å²) >= 11 is 5.86. The fourth-order valence-electron chi connectivity index (χ4n) is 2.10. The summed E-state index contributed by atoms with van der Waals surface area (Å²) in [4.78, 5) is 0. The summed E-state index contributed by atoms with van der Waals surface area (Å²) in [5.74, 6) is 0. The Labute approximate surface area is 102 Å². The minimum atomic E-state index is 0.375. The summed E-state index contributed by atoms with van der Waals surface area (Å²) in [6.07, 6.45) is 2.69. The molecule has 3 heteroatoms. The second-order valence-corrected chi connectivity index (χ2v) is 4.90. The lowest BCUT2D eigenvalue weighted by atomic mass is 9.88. The van der Waals surface area contributed by atoms with Crippen LogP contribution in [0.5, 0.6) is 0 Å². The van der Waals surface area contributed by atoms with Gasteiger partial charge in [-0.05, 0) is 37.5 Å². The van der Waals surface area contributed by atoms with Crippen molar-refractivity contribution in [1.29, 1.82) is 0 Å². The van der Waals surface area contributed by atoms with Crippen LogP contribution in [0.15, 0.2) is 24.3 Å². The van der Waals surface area contributed by atoms with E-state index in [9.17, 15) is 0 Å². The molecule has 1 N–H and O–H groups in total. The molecule has 1 atom stereocenters. The molecule has 0 radical (unpaired) electrons. The zero-order valence-corrected chi connectivity index (χ0v) is 10.5. The Morgan fingerprint density at radius 3 is 2.50 bits per heavy atom. The van der Waals surface area contributed by atoms with E-state index in [4.69, 9.17) is 16.3 Å². The van der Waals surface area contributed by atoms with Gasteiger partial charge in [-0.2, -0.15) is 0 Å². The molecule has 1 aliphatic rings. The maximum absolute atomic E-state index is 5.86. The number of halogens is 1. The van der Waals surface area contributed by atoms with Crippen LogP contribution in [0.1, 0.15) is 31.4 Å². The molecule has 88 valence electrons. The second kappa shape index (κ2) is 5.17. The van der Waals surface area contributed by atoms with Crippen LogP contribution >= 0.6 is 11.6 Å². The van der Waals surface area contributed by atoms with Crippen LogP contribution in [0, 0.1) is 0 Å². The number of methoxy groups -OCH3 is 1. The second-order valence-electron chi connectivity index (χ2n) is 4.47. The van der Waals surface area contributed by atoms with Crippen LogP contribution in [0.25, 0.3) is 0 Å². The van der Waals surface area contributed by atoms with E-state index in [1.807, 2.05) is 12.1 Å². The summed E-state index contributed by atoms with van der Waals surface area (Å²) in [6, 6.07) is 9.00. The number of benzene rings is 1. The topological polar surface area (TPSA) is 21.3 Å². The highest BCUT2D eigenvalue weighted by Crippen LogP contribution is 2.26. The highest BCUT2D eigenvalue weighted by atomic mass is 35.5. The Morgan fingerprint density at radius 2 is 1.94 bits per heavy atom. The fraction of sp³-hybridized carbons (Fsp3) is 0.538. The van der Waals surface area contributed by atoms with Crippen molar-refractivity contribution in [2.45, 2.75) is 38.0 Å². The summed E-state index contributed by atoms with van der Waals surface area (Å²) in [7, 11) is 1.78. The monoisotopic (exact) mass is 239 g/mol. The summed E-state index contributed by atoms with van der Waals surface area (Å²) < 4.78 is 5.26. The van der Waals surface area contributed by atoms with Gasteiger partial charge in [0, 0.05) is 24.2 Å². The van der Waals surface area contributed by atoms with Gasteiger partial charge in [-0.25, -0.2) is 0 Å². The van der Waals surface area contributed by atoms with Crippen LogP contribution in [0.3, 0.4) is 0 Å². The average molecular weight is 240 g/mol. The number of hydrogen-bond donors (Lipinski definition) is 1. The highest BCUT2D eigenvalue weighted by Gasteiger charge is 2.29. The van der Waals surface area contributed by atoms with Crippen molar-refractivity contribution >= 4 is 11.6 Å². The van der Waals surface area contributed by atoms with E-state index in [-0.39, 0.29) is 0 Å². The minimum Gasteiger partial charge on any atom is -0.381 e. The predicted molar refractivity (Wildman–Crippen MR) is 66.8 cm³/mol. The third-order valence-electron chi connectivity index (χ3n) is 3.28. The standard InChI is InChI=1S/C13H18ClNO/c1-9(10-3-5-11(14)6-4-10)15-12-7-13(8-12)16-2/h3-6,9,12-13,15H,7-8H2,1-2H3/t9-,12?,13?/m0/s1. The molecule has 0 unspecified atom stereocenters. The van der Waals surface area contributed by atoms with Crippen molar-refractivity contribution in [3.8, 4) is 0 Å². The average Bonchev–Trinajstić information content (AvgIpc) is 2.23. The molecule has 2 nitrogen and oxygen atoms in total. The van der Waals surface area contributed by atoms with E-state index < -0.39 is 0 Å². The molecule has 0 bridgehead atoms. The molecular weight excluding hydrogens is 222 g/mol. The maximum Gasteiger partial charge on any atom is 0.0601 e. The number of rotatable bonds is 4. The van der Waals surface area contributed by atoms with E-state index in [1.54, 1.807) is 7.11 Å². The van der Waals surface area contributed by atoms with Gasteiger partial charge in [0.1, 0.15) is 0 Å². The third kappa shape index (κ3) is 2.76. The molecule has 0 heterocycles. The Balaban J connectivity index is 1.84. The Kier molecular flexibility index (Phi) is 3.85. The smallest absolute Gasteiger partial charge is 0.0601 e. The molecule has 1 fully saturated rings. The molecule has 2 rings (SSSR count). The maximum atomic E-state index is 5.86. The highest BCUT2D eigenvalue weighted by molar-refractivity contribution is 6.30. The van der Waals surface area contributed by atoms with Crippen molar-refractivity contribution in [3.05, 3.63) is 34.9 Å². The van der Waals surface area contributed by atoms with Crippen molar-refractivity contribution in [3.63, 3.8) is 0 Å². The molecule has 1 aromatic carbocycles. The van der Waals surface area contributed by atoms with Crippen LogP contribution in [-0.2, 0) is 4.74 Å². The lowest BCUT2D eigenvalue weighted by molar-refractivity contribution is 0.0147. The van der Waals surface area contributed by atoms with Crippen molar-refractivity contribution in [1.82, 2.24) is 5.32 Å². The number of nitrogens with one attached hydrogen (secondary N) is 1. The first kappa shape index (κ1) is 11.9. The van der Waals surface area contributed by atoms with Crippen LogP contribution in [-0.4, -0.2) is 19.3 Å².